The summed E-state index contributed by atoms with van der Waals surface area (Å²) in [5.41, 5.74) is 8.12. The van der Waals surface area contributed by atoms with Crippen molar-refractivity contribution in [1.29, 1.82) is 0 Å². The minimum atomic E-state index is 0.544. The highest BCUT2D eigenvalue weighted by Gasteiger charge is 2.17. The van der Waals surface area contributed by atoms with Gasteiger partial charge in [0.05, 0.1) is 5.69 Å². The molecule has 2 aromatic rings. The molecule has 1 atom stereocenters. The number of benzene rings is 1. The van der Waals surface area contributed by atoms with Crippen molar-refractivity contribution in [1.82, 2.24) is 4.98 Å². The number of thiazole rings is 1. The van der Waals surface area contributed by atoms with E-state index in [0.29, 0.717) is 12.5 Å². The van der Waals surface area contributed by atoms with Gasteiger partial charge >= 0.3 is 0 Å². The van der Waals surface area contributed by atoms with Crippen LogP contribution in [0.5, 0.6) is 0 Å². The summed E-state index contributed by atoms with van der Waals surface area (Å²) < 4.78 is 0. The molecular formula is C17H25N3S. The first kappa shape index (κ1) is 16.0. The summed E-state index contributed by atoms with van der Waals surface area (Å²) in [5, 5.41) is 1.09. The van der Waals surface area contributed by atoms with E-state index in [4.69, 9.17) is 10.7 Å². The van der Waals surface area contributed by atoms with E-state index in [1.807, 2.05) is 18.2 Å². The molecule has 21 heavy (non-hydrogen) atoms. The fourth-order valence-corrected chi connectivity index (χ4v) is 3.32. The number of hydrogen-bond acceptors (Lipinski definition) is 4. The normalized spacial score (nSPS) is 12.4. The minimum absolute atomic E-state index is 0.544. The Morgan fingerprint density at radius 3 is 2.52 bits per heavy atom. The lowest BCUT2D eigenvalue weighted by Crippen LogP contribution is -2.27. The van der Waals surface area contributed by atoms with Crippen LogP contribution in [0.3, 0.4) is 0 Å². The molecule has 3 nitrogen and oxygen atoms in total. The smallest absolute Gasteiger partial charge is 0.186 e. The zero-order valence-corrected chi connectivity index (χ0v) is 14.0. The van der Waals surface area contributed by atoms with E-state index in [1.165, 1.54) is 11.3 Å². The van der Waals surface area contributed by atoms with Gasteiger partial charge in [0.25, 0.3) is 0 Å². The Morgan fingerprint density at radius 2 is 1.95 bits per heavy atom. The topological polar surface area (TPSA) is 42.2 Å². The molecular weight excluding hydrogens is 278 g/mol. The van der Waals surface area contributed by atoms with Crippen molar-refractivity contribution in [3.63, 3.8) is 0 Å². The van der Waals surface area contributed by atoms with Gasteiger partial charge in [-0.05, 0) is 12.8 Å². The van der Waals surface area contributed by atoms with Gasteiger partial charge in [-0.25, -0.2) is 4.98 Å². The molecule has 1 heterocycles. The maximum absolute atomic E-state index is 5.92. The number of nitrogens with two attached hydrogens (primary N) is 1. The fraction of sp³-hybridized carbons (Fsp3) is 0.471. The van der Waals surface area contributed by atoms with E-state index in [9.17, 15) is 0 Å². The largest absolute Gasteiger partial charge is 0.348 e. The van der Waals surface area contributed by atoms with Crippen molar-refractivity contribution in [2.75, 3.05) is 18.0 Å². The molecule has 0 saturated carbocycles. The summed E-state index contributed by atoms with van der Waals surface area (Å²) in [6, 6.07) is 10.3. The highest BCUT2D eigenvalue weighted by molar-refractivity contribution is 7.16. The summed E-state index contributed by atoms with van der Waals surface area (Å²) in [4.78, 5) is 8.41. The summed E-state index contributed by atoms with van der Waals surface area (Å²) in [6.07, 6.45) is 1.19. The molecule has 0 radical (unpaired) electrons. The molecule has 114 valence electrons. The third kappa shape index (κ3) is 3.83. The van der Waals surface area contributed by atoms with E-state index in [0.717, 1.165) is 29.5 Å². The minimum Gasteiger partial charge on any atom is -0.348 e. The van der Waals surface area contributed by atoms with Crippen LogP contribution in [0.2, 0.25) is 0 Å². The predicted octanol–water partition coefficient (Wildman–Crippen LogP) is 4.14. The van der Waals surface area contributed by atoms with Crippen molar-refractivity contribution < 1.29 is 0 Å². The van der Waals surface area contributed by atoms with Crippen LogP contribution >= 0.6 is 11.3 Å². The van der Waals surface area contributed by atoms with Gasteiger partial charge in [-0.3, -0.25) is 0 Å². The van der Waals surface area contributed by atoms with E-state index in [1.54, 1.807) is 11.3 Å². The Labute approximate surface area is 131 Å². The van der Waals surface area contributed by atoms with Gasteiger partial charge in [0, 0.05) is 30.1 Å². The molecule has 2 rings (SSSR count). The standard InChI is InChI=1S/C17H25N3S/c1-4-13(3)12-20(5-2)17-19-16(15(11-18)21-17)14-9-7-6-8-10-14/h6-10,13H,4-5,11-12,18H2,1-3H3. The van der Waals surface area contributed by atoms with Gasteiger partial charge in [0.1, 0.15) is 0 Å². The van der Waals surface area contributed by atoms with Crippen molar-refractivity contribution in [2.45, 2.75) is 33.7 Å². The Bertz CT molecular complexity index is 550. The number of rotatable bonds is 7. The van der Waals surface area contributed by atoms with Gasteiger partial charge in [0.15, 0.2) is 5.13 Å². The van der Waals surface area contributed by atoms with Crippen LogP contribution in [-0.4, -0.2) is 18.1 Å². The molecule has 0 bridgehead atoms. The maximum atomic E-state index is 5.92. The third-order valence-electron chi connectivity index (χ3n) is 3.80. The van der Waals surface area contributed by atoms with E-state index >= 15 is 0 Å². The molecule has 4 heteroatoms. The fourth-order valence-electron chi connectivity index (χ4n) is 2.28. The van der Waals surface area contributed by atoms with Crippen molar-refractivity contribution in [2.24, 2.45) is 11.7 Å². The number of hydrogen-bond donors (Lipinski definition) is 1. The van der Waals surface area contributed by atoms with Gasteiger partial charge in [-0.2, -0.15) is 0 Å². The molecule has 0 aliphatic carbocycles. The molecule has 0 aliphatic rings. The molecule has 0 fully saturated rings. The first-order chi connectivity index (χ1) is 10.2. The van der Waals surface area contributed by atoms with Crippen LogP contribution in [0.15, 0.2) is 30.3 Å². The molecule has 0 spiro atoms. The predicted molar refractivity (Wildman–Crippen MR) is 92.8 cm³/mol. The highest BCUT2D eigenvalue weighted by atomic mass is 32.1. The second-order valence-electron chi connectivity index (χ2n) is 5.39. The summed E-state index contributed by atoms with van der Waals surface area (Å²) in [6.45, 7) is 9.30. The highest BCUT2D eigenvalue weighted by Crippen LogP contribution is 2.33. The SMILES string of the molecule is CCC(C)CN(CC)c1nc(-c2ccccc2)c(CN)s1. The lowest BCUT2D eigenvalue weighted by atomic mass is 10.1. The van der Waals surface area contributed by atoms with Crippen LogP contribution in [0.4, 0.5) is 5.13 Å². The van der Waals surface area contributed by atoms with Crippen LogP contribution in [0.1, 0.15) is 32.1 Å². The van der Waals surface area contributed by atoms with Crippen molar-refractivity contribution >= 4 is 16.5 Å². The first-order valence-electron chi connectivity index (χ1n) is 7.69. The van der Waals surface area contributed by atoms with Gasteiger partial charge in [-0.15, -0.1) is 0 Å². The molecule has 2 N–H and O–H groups in total. The maximum Gasteiger partial charge on any atom is 0.186 e. The molecule has 0 aliphatic heterocycles. The zero-order chi connectivity index (χ0) is 15.2. The lowest BCUT2D eigenvalue weighted by Gasteiger charge is -2.23. The monoisotopic (exact) mass is 303 g/mol. The Kier molecular flexibility index (Phi) is 5.76. The second kappa shape index (κ2) is 7.57. The van der Waals surface area contributed by atoms with E-state index < -0.39 is 0 Å². The summed E-state index contributed by atoms with van der Waals surface area (Å²) in [7, 11) is 0. The van der Waals surface area contributed by atoms with E-state index in [-0.39, 0.29) is 0 Å². The zero-order valence-electron chi connectivity index (χ0n) is 13.2. The van der Waals surface area contributed by atoms with Crippen LogP contribution in [0, 0.1) is 5.92 Å². The lowest BCUT2D eigenvalue weighted by molar-refractivity contribution is 0.547. The van der Waals surface area contributed by atoms with Crippen LogP contribution in [-0.2, 0) is 6.54 Å². The third-order valence-corrected chi connectivity index (χ3v) is 4.94. The molecule has 1 unspecified atom stereocenters. The van der Waals surface area contributed by atoms with Gasteiger partial charge in [0.2, 0.25) is 0 Å². The average Bonchev–Trinajstić information content (AvgIpc) is 2.97. The Balaban J connectivity index is 2.31. The Morgan fingerprint density at radius 1 is 1.24 bits per heavy atom. The van der Waals surface area contributed by atoms with E-state index in [2.05, 4.69) is 37.8 Å². The van der Waals surface area contributed by atoms with Gasteiger partial charge in [-0.1, -0.05) is 61.9 Å². The number of anilines is 1. The number of nitrogens with zero attached hydrogens (tertiary/aromatic N) is 2. The number of aromatic nitrogens is 1. The summed E-state index contributed by atoms with van der Waals surface area (Å²) >= 11 is 1.73. The average molecular weight is 303 g/mol. The van der Waals surface area contributed by atoms with Crippen LogP contribution < -0.4 is 10.6 Å². The molecule has 0 saturated heterocycles. The van der Waals surface area contributed by atoms with Gasteiger partial charge < -0.3 is 10.6 Å². The van der Waals surface area contributed by atoms with Crippen molar-refractivity contribution in [3.8, 4) is 11.3 Å². The first-order valence-corrected chi connectivity index (χ1v) is 8.51. The molecule has 0 amide bonds. The molecule has 1 aromatic heterocycles. The second-order valence-corrected chi connectivity index (χ2v) is 6.45. The van der Waals surface area contributed by atoms with Crippen molar-refractivity contribution in [3.05, 3.63) is 35.2 Å². The van der Waals surface area contributed by atoms with Crippen LogP contribution in [0.25, 0.3) is 11.3 Å². The Hall–Kier alpha value is -1.39. The molecule has 1 aromatic carbocycles. The summed E-state index contributed by atoms with van der Waals surface area (Å²) in [5.74, 6) is 0.676. The quantitative estimate of drug-likeness (QED) is 0.836.